The Morgan fingerprint density at radius 1 is 1.26 bits per heavy atom. The van der Waals surface area contributed by atoms with E-state index >= 15 is 0 Å². The molecule has 0 fully saturated rings. The molecule has 4 nitrogen and oxygen atoms in total. The van der Waals surface area contributed by atoms with Crippen molar-refractivity contribution < 1.29 is 4.79 Å². The standard InChI is InChI=1S/C17H15Cl2N3O/c1-11(14-7-6-13(18)8-15(14)19)21-10-17(23)22-16-5-3-2-4-12(16)9-20/h2-8,11,21H,10H2,1H3,(H,22,23)/t11-/m0/s1. The first-order chi connectivity index (χ1) is 11.0. The average Bonchev–Trinajstić information content (AvgIpc) is 2.53. The summed E-state index contributed by atoms with van der Waals surface area (Å²) in [5, 5.41) is 15.9. The first-order valence-corrected chi connectivity index (χ1v) is 7.74. The lowest BCUT2D eigenvalue weighted by Gasteiger charge is -2.16. The van der Waals surface area contributed by atoms with Gasteiger partial charge in [0.2, 0.25) is 5.91 Å². The molecule has 0 heterocycles. The second-order valence-electron chi connectivity index (χ2n) is 4.97. The second-order valence-corrected chi connectivity index (χ2v) is 5.82. The van der Waals surface area contributed by atoms with E-state index in [9.17, 15) is 4.79 Å². The van der Waals surface area contributed by atoms with Crippen LogP contribution in [0.15, 0.2) is 42.5 Å². The highest BCUT2D eigenvalue weighted by molar-refractivity contribution is 6.35. The van der Waals surface area contributed by atoms with Gasteiger partial charge in [0.15, 0.2) is 0 Å². The first-order valence-electron chi connectivity index (χ1n) is 6.98. The summed E-state index contributed by atoms with van der Waals surface area (Å²) >= 11 is 12.0. The van der Waals surface area contributed by atoms with E-state index in [0.717, 1.165) is 5.56 Å². The number of carbonyl (C=O) groups excluding carboxylic acids is 1. The molecule has 23 heavy (non-hydrogen) atoms. The van der Waals surface area contributed by atoms with Crippen LogP contribution in [0.4, 0.5) is 5.69 Å². The van der Waals surface area contributed by atoms with Crippen LogP contribution >= 0.6 is 23.2 Å². The molecule has 0 bridgehead atoms. The van der Waals surface area contributed by atoms with Gasteiger partial charge in [-0.05, 0) is 36.8 Å². The number of hydrogen-bond donors (Lipinski definition) is 2. The first kappa shape index (κ1) is 17.3. The maximum Gasteiger partial charge on any atom is 0.238 e. The van der Waals surface area contributed by atoms with Crippen molar-refractivity contribution in [2.75, 3.05) is 11.9 Å². The number of nitriles is 1. The van der Waals surface area contributed by atoms with E-state index in [2.05, 4.69) is 10.6 Å². The van der Waals surface area contributed by atoms with Crippen LogP contribution in [0.25, 0.3) is 0 Å². The molecule has 118 valence electrons. The van der Waals surface area contributed by atoms with E-state index in [1.54, 1.807) is 36.4 Å². The number of hydrogen-bond acceptors (Lipinski definition) is 3. The van der Waals surface area contributed by atoms with Crippen molar-refractivity contribution in [3.05, 3.63) is 63.6 Å². The van der Waals surface area contributed by atoms with Crippen molar-refractivity contribution in [1.82, 2.24) is 5.32 Å². The van der Waals surface area contributed by atoms with Gasteiger partial charge in [-0.25, -0.2) is 0 Å². The molecule has 0 radical (unpaired) electrons. The van der Waals surface area contributed by atoms with Crippen molar-refractivity contribution >= 4 is 34.8 Å². The van der Waals surface area contributed by atoms with Crippen molar-refractivity contribution in [2.45, 2.75) is 13.0 Å². The molecule has 0 unspecified atom stereocenters. The Balaban J connectivity index is 1.95. The van der Waals surface area contributed by atoms with Crippen LogP contribution in [-0.4, -0.2) is 12.5 Å². The largest absolute Gasteiger partial charge is 0.324 e. The van der Waals surface area contributed by atoms with E-state index in [4.69, 9.17) is 28.5 Å². The van der Waals surface area contributed by atoms with Gasteiger partial charge in [-0.3, -0.25) is 4.79 Å². The zero-order valence-corrected chi connectivity index (χ0v) is 13.9. The van der Waals surface area contributed by atoms with Gasteiger partial charge in [0, 0.05) is 16.1 Å². The molecule has 0 saturated heterocycles. The molecule has 2 aromatic rings. The molecule has 0 spiro atoms. The van der Waals surface area contributed by atoms with Gasteiger partial charge < -0.3 is 10.6 Å². The molecule has 2 aromatic carbocycles. The predicted octanol–water partition coefficient (Wildman–Crippen LogP) is 4.15. The molecule has 2 rings (SSSR count). The SMILES string of the molecule is C[C@H](NCC(=O)Nc1ccccc1C#N)c1ccc(Cl)cc1Cl. The van der Waals surface area contributed by atoms with Gasteiger partial charge in [-0.2, -0.15) is 5.26 Å². The molecule has 2 N–H and O–H groups in total. The third-order valence-electron chi connectivity index (χ3n) is 3.32. The lowest BCUT2D eigenvalue weighted by atomic mass is 10.1. The van der Waals surface area contributed by atoms with Crippen LogP contribution < -0.4 is 10.6 Å². The van der Waals surface area contributed by atoms with Crippen molar-refractivity contribution in [1.29, 1.82) is 5.26 Å². The number of nitrogens with one attached hydrogen (secondary N) is 2. The fourth-order valence-electron chi connectivity index (χ4n) is 2.09. The molecule has 0 aliphatic rings. The number of halogens is 2. The summed E-state index contributed by atoms with van der Waals surface area (Å²) in [6.45, 7) is 2.01. The van der Waals surface area contributed by atoms with Gasteiger partial charge in [0.05, 0.1) is 17.8 Å². The normalized spacial score (nSPS) is 11.6. The molecule has 0 aliphatic carbocycles. The molecular formula is C17H15Cl2N3O. The highest BCUT2D eigenvalue weighted by Gasteiger charge is 2.12. The third kappa shape index (κ3) is 4.70. The highest BCUT2D eigenvalue weighted by Crippen LogP contribution is 2.25. The number of carbonyl (C=O) groups is 1. The van der Waals surface area contributed by atoms with Crippen molar-refractivity contribution in [2.24, 2.45) is 0 Å². The smallest absolute Gasteiger partial charge is 0.238 e. The molecular weight excluding hydrogens is 333 g/mol. The summed E-state index contributed by atoms with van der Waals surface area (Å²) < 4.78 is 0. The monoisotopic (exact) mass is 347 g/mol. The molecule has 1 atom stereocenters. The number of benzene rings is 2. The minimum Gasteiger partial charge on any atom is -0.324 e. The Morgan fingerprint density at radius 3 is 2.70 bits per heavy atom. The third-order valence-corrected chi connectivity index (χ3v) is 3.88. The van der Waals surface area contributed by atoms with Crippen LogP contribution in [0.1, 0.15) is 24.1 Å². The Hall–Kier alpha value is -2.06. The fourth-order valence-corrected chi connectivity index (χ4v) is 2.66. The highest BCUT2D eigenvalue weighted by atomic mass is 35.5. The van der Waals surface area contributed by atoms with Gasteiger partial charge in [0.1, 0.15) is 6.07 Å². The van der Waals surface area contributed by atoms with E-state index < -0.39 is 0 Å². The van der Waals surface area contributed by atoms with E-state index in [-0.39, 0.29) is 18.5 Å². The lowest BCUT2D eigenvalue weighted by Crippen LogP contribution is -2.30. The summed E-state index contributed by atoms with van der Waals surface area (Å²) in [6.07, 6.45) is 0. The molecule has 0 aromatic heterocycles. The zero-order chi connectivity index (χ0) is 16.8. The number of nitrogens with zero attached hydrogens (tertiary/aromatic N) is 1. The Labute approximate surface area is 145 Å². The zero-order valence-electron chi connectivity index (χ0n) is 12.4. The topological polar surface area (TPSA) is 64.9 Å². The van der Waals surface area contributed by atoms with Crippen LogP contribution in [-0.2, 0) is 4.79 Å². The number of rotatable bonds is 5. The predicted molar refractivity (Wildman–Crippen MR) is 92.7 cm³/mol. The molecule has 6 heteroatoms. The van der Waals surface area contributed by atoms with E-state index in [1.807, 2.05) is 19.1 Å². The second kappa shape index (κ2) is 7.98. The van der Waals surface area contributed by atoms with Crippen LogP contribution in [0, 0.1) is 11.3 Å². The Kier molecular flexibility index (Phi) is 6.00. The Bertz CT molecular complexity index is 756. The number of para-hydroxylation sites is 1. The minimum absolute atomic E-state index is 0.0971. The van der Waals surface area contributed by atoms with Crippen LogP contribution in [0.5, 0.6) is 0 Å². The number of amides is 1. The lowest BCUT2D eigenvalue weighted by molar-refractivity contribution is -0.115. The van der Waals surface area contributed by atoms with Gasteiger partial charge in [0.25, 0.3) is 0 Å². The minimum atomic E-state index is -0.232. The van der Waals surface area contributed by atoms with Crippen molar-refractivity contribution in [3.63, 3.8) is 0 Å². The van der Waals surface area contributed by atoms with Crippen LogP contribution in [0.2, 0.25) is 10.0 Å². The van der Waals surface area contributed by atoms with E-state index in [1.165, 1.54) is 0 Å². The summed E-state index contributed by atoms with van der Waals surface area (Å²) in [5.41, 5.74) is 1.79. The maximum atomic E-state index is 12.0. The molecule has 0 saturated carbocycles. The summed E-state index contributed by atoms with van der Waals surface area (Å²) in [7, 11) is 0. The summed E-state index contributed by atoms with van der Waals surface area (Å²) in [4.78, 5) is 12.0. The summed E-state index contributed by atoms with van der Waals surface area (Å²) in [5.74, 6) is -0.232. The quantitative estimate of drug-likeness (QED) is 0.853. The summed E-state index contributed by atoms with van der Waals surface area (Å²) in [6, 6.07) is 14.0. The van der Waals surface area contributed by atoms with E-state index in [0.29, 0.717) is 21.3 Å². The van der Waals surface area contributed by atoms with Crippen LogP contribution in [0.3, 0.4) is 0 Å². The molecule has 0 aliphatic heterocycles. The van der Waals surface area contributed by atoms with Gasteiger partial charge in [-0.15, -0.1) is 0 Å². The van der Waals surface area contributed by atoms with Gasteiger partial charge >= 0.3 is 0 Å². The average molecular weight is 348 g/mol. The molecule has 1 amide bonds. The van der Waals surface area contributed by atoms with Crippen molar-refractivity contribution in [3.8, 4) is 6.07 Å². The number of anilines is 1. The van der Waals surface area contributed by atoms with Gasteiger partial charge in [-0.1, -0.05) is 41.4 Å². The fraction of sp³-hybridized carbons (Fsp3) is 0.176. The maximum absolute atomic E-state index is 12.0. The Morgan fingerprint density at radius 2 is 2.00 bits per heavy atom.